The lowest BCUT2D eigenvalue weighted by Gasteiger charge is -2.42. The Balaban J connectivity index is 2.30. The summed E-state index contributed by atoms with van der Waals surface area (Å²) in [7, 11) is -3.67. The van der Waals surface area contributed by atoms with Crippen LogP contribution < -0.4 is 0 Å². The molecule has 4 nitrogen and oxygen atoms in total. The van der Waals surface area contributed by atoms with Crippen molar-refractivity contribution in [2.24, 2.45) is 11.8 Å². The first-order chi connectivity index (χ1) is 10.5. The highest BCUT2D eigenvalue weighted by Gasteiger charge is 2.41. The number of sulfonamides is 1. The van der Waals surface area contributed by atoms with E-state index in [0.717, 1.165) is 6.42 Å². The first-order valence-electron chi connectivity index (χ1n) is 8.02. The van der Waals surface area contributed by atoms with Gasteiger partial charge in [0.15, 0.2) is 0 Å². The van der Waals surface area contributed by atoms with Gasteiger partial charge in [0, 0.05) is 19.0 Å². The molecule has 0 aromatic heterocycles. The van der Waals surface area contributed by atoms with Crippen LogP contribution in [0.25, 0.3) is 0 Å². The highest BCUT2D eigenvalue weighted by molar-refractivity contribution is 7.89. The Bertz CT molecular complexity index is 670. The third-order valence-corrected chi connectivity index (χ3v) is 6.71. The van der Waals surface area contributed by atoms with Crippen molar-refractivity contribution in [3.63, 3.8) is 0 Å². The molecule has 0 spiro atoms. The average molecular weight is 343 g/mol. The molecule has 1 aliphatic heterocycles. The summed E-state index contributed by atoms with van der Waals surface area (Å²) in [6.07, 6.45) is 1.17. The summed E-state index contributed by atoms with van der Waals surface area (Å²) < 4.78 is 40.4. The van der Waals surface area contributed by atoms with Crippen LogP contribution in [0, 0.1) is 24.6 Å². The van der Waals surface area contributed by atoms with E-state index in [9.17, 15) is 17.9 Å². The van der Waals surface area contributed by atoms with Crippen molar-refractivity contribution in [1.82, 2.24) is 4.31 Å². The molecule has 6 heteroatoms. The second-order valence-electron chi connectivity index (χ2n) is 7.21. The zero-order chi connectivity index (χ0) is 17.4. The van der Waals surface area contributed by atoms with Crippen LogP contribution in [-0.4, -0.2) is 36.5 Å². The van der Waals surface area contributed by atoms with Gasteiger partial charge >= 0.3 is 0 Å². The molecule has 1 N–H and O–H groups in total. The molecule has 0 amide bonds. The topological polar surface area (TPSA) is 57.6 Å². The second-order valence-corrected chi connectivity index (χ2v) is 9.11. The predicted molar refractivity (Wildman–Crippen MR) is 88.1 cm³/mol. The van der Waals surface area contributed by atoms with Crippen molar-refractivity contribution in [3.05, 3.63) is 29.6 Å². The molecular weight excluding hydrogens is 317 g/mol. The van der Waals surface area contributed by atoms with Gasteiger partial charge in [0.1, 0.15) is 5.82 Å². The van der Waals surface area contributed by atoms with Gasteiger partial charge in [-0.05, 0) is 56.4 Å². The third-order valence-electron chi connectivity index (χ3n) is 4.68. The monoisotopic (exact) mass is 343 g/mol. The lowest BCUT2D eigenvalue weighted by molar-refractivity contribution is -0.0482. The number of nitrogens with zero attached hydrogens (tertiary/aromatic N) is 1. The van der Waals surface area contributed by atoms with Gasteiger partial charge in [-0.25, -0.2) is 12.8 Å². The molecular formula is C17H26FNO3S. The average Bonchev–Trinajstić information content (AvgIpc) is 2.39. The summed E-state index contributed by atoms with van der Waals surface area (Å²) in [5.74, 6) is -0.172. The molecule has 1 saturated heterocycles. The summed E-state index contributed by atoms with van der Waals surface area (Å²) in [6, 6.07) is 3.73. The van der Waals surface area contributed by atoms with Crippen LogP contribution in [0.2, 0.25) is 0 Å². The van der Waals surface area contributed by atoms with Gasteiger partial charge in [-0.2, -0.15) is 4.31 Å². The Morgan fingerprint density at radius 3 is 2.65 bits per heavy atom. The summed E-state index contributed by atoms with van der Waals surface area (Å²) >= 11 is 0. The van der Waals surface area contributed by atoms with Gasteiger partial charge in [-0.1, -0.05) is 13.8 Å². The number of benzene rings is 1. The molecule has 1 fully saturated rings. The normalized spacial score (nSPS) is 26.7. The van der Waals surface area contributed by atoms with Gasteiger partial charge in [-0.3, -0.25) is 0 Å². The Morgan fingerprint density at radius 1 is 1.43 bits per heavy atom. The number of hydrogen-bond acceptors (Lipinski definition) is 3. The zero-order valence-corrected chi connectivity index (χ0v) is 15.0. The van der Waals surface area contributed by atoms with Gasteiger partial charge in [0.25, 0.3) is 0 Å². The maximum atomic E-state index is 13.2. The molecule has 1 aliphatic rings. The molecule has 1 aromatic carbocycles. The zero-order valence-electron chi connectivity index (χ0n) is 14.2. The summed E-state index contributed by atoms with van der Waals surface area (Å²) in [5, 5.41) is 10.6. The van der Waals surface area contributed by atoms with Crippen molar-refractivity contribution in [2.75, 3.05) is 13.1 Å². The lowest BCUT2D eigenvalue weighted by Crippen LogP contribution is -2.52. The van der Waals surface area contributed by atoms with Crippen LogP contribution >= 0.6 is 0 Å². The molecule has 2 rings (SSSR count). The predicted octanol–water partition coefficient (Wildman–Crippen LogP) is 2.94. The van der Waals surface area contributed by atoms with Crippen molar-refractivity contribution in [3.8, 4) is 0 Å². The first kappa shape index (κ1) is 18.4. The van der Waals surface area contributed by atoms with Gasteiger partial charge < -0.3 is 5.11 Å². The molecule has 0 radical (unpaired) electrons. The van der Waals surface area contributed by atoms with Gasteiger partial charge in [-0.15, -0.1) is 0 Å². The van der Waals surface area contributed by atoms with E-state index in [1.807, 2.05) is 0 Å². The standard InChI is InChI=1S/C17H26FNO3S/c1-12(2)9-14-11-19(8-7-17(14,4)20)23(21,22)16-6-5-15(18)10-13(16)3/h5-6,10,12,14,20H,7-9,11H2,1-4H3/t14-,17+/m1/s1. The van der Waals surface area contributed by atoms with Crippen molar-refractivity contribution < 1.29 is 17.9 Å². The number of rotatable bonds is 4. The molecule has 0 unspecified atom stereocenters. The van der Waals surface area contributed by atoms with E-state index in [1.165, 1.54) is 22.5 Å². The van der Waals surface area contributed by atoms with Crippen LogP contribution in [-0.2, 0) is 10.0 Å². The molecule has 1 aromatic rings. The van der Waals surface area contributed by atoms with Gasteiger partial charge in [0.05, 0.1) is 10.5 Å². The molecule has 0 saturated carbocycles. The molecule has 0 aliphatic carbocycles. The van der Waals surface area contributed by atoms with Crippen LogP contribution in [0.1, 0.15) is 39.2 Å². The smallest absolute Gasteiger partial charge is 0.243 e. The minimum Gasteiger partial charge on any atom is -0.390 e. The first-order valence-corrected chi connectivity index (χ1v) is 9.46. The Labute approximate surface area is 138 Å². The van der Waals surface area contributed by atoms with E-state index in [-0.39, 0.29) is 17.4 Å². The van der Waals surface area contributed by atoms with Crippen molar-refractivity contribution >= 4 is 10.0 Å². The quantitative estimate of drug-likeness (QED) is 0.914. The van der Waals surface area contributed by atoms with E-state index < -0.39 is 21.4 Å². The minimum atomic E-state index is -3.67. The van der Waals surface area contributed by atoms with E-state index in [1.54, 1.807) is 13.8 Å². The van der Waals surface area contributed by atoms with E-state index in [0.29, 0.717) is 24.4 Å². The SMILES string of the molecule is Cc1cc(F)ccc1S(=O)(=O)N1CC[C@](C)(O)[C@H](CC(C)C)C1. The Hall–Kier alpha value is -0.980. The Kier molecular flexibility index (Phi) is 5.18. The molecule has 23 heavy (non-hydrogen) atoms. The number of halogens is 1. The van der Waals surface area contributed by atoms with E-state index >= 15 is 0 Å². The van der Waals surface area contributed by atoms with Crippen LogP contribution in [0.5, 0.6) is 0 Å². The minimum absolute atomic E-state index is 0.105. The number of piperidine rings is 1. The molecule has 0 bridgehead atoms. The Morgan fingerprint density at radius 2 is 2.09 bits per heavy atom. The van der Waals surface area contributed by atoms with Crippen LogP contribution in [0.15, 0.2) is 23.1 Å². The summed E-state index contributed by atoms with van der Waals surface area (Å²) in [4.78, 5) is 0.142. The highest BCUT2D eigenvalue weighted by atomic mass is 32.2. The van der Waals surface area contributed by atoms with Crippen molar-refractivity contribution in [2.45, 2.75) is 51.0 Å². The molecule has 2 atom stereocenters. The van der Waals surface area contributed by atoms with Gasteiger partial charge in [0.2, 0.25) is 10.0 Å². The van der Waals surface area contributed by atoms with E-state index in [2.05, 4.69) is 13.8 Å². The fourth-order valence-electron chi connectivity index (χ4n) is 3.25. The fraction of sp³-hybridized carbons (Fsp3) is 0.647. The third kappa shape index (κ3) is 3.92. The number of aryl methyl sites for hydroxylation is 1. The van der Waals surface area contributed by atoms with Crippen LogP contribution in [0.4, 0.5) is 4.39 Å². The number of hydrogen-bond donors (Lipinski definition) is 1. The van der Waals surface area contributed by atoms with E-state index in [4.69, 9.17) is 0 Å². The summed E-state index contributed by atoms with van der Waals surface area (Å²) in [5.41, 5.74) is -0.448. The largest absolute Gasteiger partial charge is 0.390 e. The fourth-order valence-corrected chi connectivity index (χ4v) is 4.94. The van der Waals surface area contributed by atoms with Crippen LogP contribution in [0.3, 0.4) is 0 Å². The summed E-state index contributed by atoms with van der Waals surface area (Å²) in [6.45, 7) is 8.08. The maximum Gasteiger partial charge on any atom is 0.243 e. The van der Waals surface area contributed by atoms with Crippen molar-refractivity contribution in [1.29, 1.82) is 0 Å². The highest BCUT2D eigenvalue weighted by Crippen LogP contribution is 2.35. The number of aliphatic hydroxyl groups is 1. The lowest BCUT2D eigenvalue weighted by atomic mass is 9.78. The molecule has 1 heterocycles. The molecule has 130 valence electrons. The maximum absolute atomic E-state index is 13.2. The second kappa shape index (κ2) is 6.49.